The van der Waals surface area contributed by atoms with Gasteiger partial charge in [-0.3, -0.25) is 9.59 Å². The maximum Gasteiger partial charge on any atom is 0.311 e. The van der Waals surface area contributed by atoms with E-state index >= 15 is 0 Å². The Kier molecular flexibility index (Phi) is 3.35. The third-order valence-electron chi connectivity index (χ3n) is 3.42. The van der Waals surface area contributed by atoms with Gasteiger partial charge in [-0.2, -0.15) is 5.21 Å². The average Bonchev–Trinajstić information content (AvgIpc) is 3.16. The number of benzene rings is 1. The number of anilines is 1. The van der Waals surface area contributed by atoms with Crippen LogP contribution in [0.4, 0.5) is 5.69 Å². The van der Waals surface area contributed by atoms with E-state index in [2.05, 4.69) is 20.6 Å². The predicted octanol–water partition coefficient (Wildman–Crippen LogP) is 0.393. The minimum atomic E-state index is -0.420. The molecular weight excluding hydrogens is 274 g/mol. The third kappa shape index (κ3) is 2.47. The van der Waals surface area contributed by atoms with Gasteiger partial charge >= 0.3 is 5.97 Å². The van der Waals surface area contributed by atoms with Crippen molar-refractivity contribution in [3.05, 3.63) is 24.3 Å². The molecular formula is C13H13N5O3. The van der Waals surface area contributed by atoms with Crippen LogP contribution in [0.3, 0.4) is 0 Å². The number of rotatable bonds is 3. The highest BCUT2D eigenvalue weighted by Gasteiger charge is 2.35. The van der Waals surface area contributed by atoms with Crippen molar-refractivity contribution in [2.45, 2.75) is 6.42 Å². The number of aromatic nitrogens is 4. The molecule has 0 spiro atoms. The first-order valence-corrected chi connectivity index (χ1v) is 6.41. The first-order valence-electron chi connectivity index (χ1n) is 6.41. The summed E-state index contributed by atoms with van der Waals surface area (Å²) in [6, 6.07) is 7.23. The van der Waals surface area contributed by atoms with Gasteiger partial charge in [0.1, 0.15) is 0 Å². The molecule has 1 aromatic heterocycles. The molecule has 0 radical (unpaired) electrons. The van der Waals surface area contributed by atoms with Gasteiger partial charge in [-0.25, -0.2) is 0 Å². The molecule has 1 aliphatic heterocycles. The molecule has 1 aromatic carbocycles. The summed E-state index contributed by atoms with van der Waals surface area (Å²) >= 11 is 0. The molecule has 8 nitrogen and oxygen atoms in total. The molecule has 1 saturated heterocycles. The highest BCUT2D eigenvalue weighted by atomic mass is 16.5. The lowest BCUT2D eigenvalue weighted by molar-refractivity contribution is -0.145. The van der Waals surface area contributed by atoms with Crippen LogP contribution < -0.4 is 4.90 Å². The number of nitrogens with one attached hydrogen (secondary N) is 1. The van der Waals surface area contributed by atoms with Crippen molar-refractivity contribution >= 4 is 17.6 Å². The maximum atomic E-state index is 12.1. The summed E-state index contributed by atoms with van der Waals surface area (Å²) < 4.78 is 4.70. The fourth-order valence-corrected chi connectivity index (χ4v) is 2.38. The Morgan fingerprint density at radius 2 is 2.33 bits per heavy atom. The van der Waals surface area contributed by atoms with Crippen molar-refractivity contribution < 1.29 is 14.3 Å². The molecule has 2 heterocycles. The Morgan fingerprint density at radius 1 is 1.48 bits per heavy atom. The summed E-state index contributed by atoms with van der Waals surface area (Å²) in [7, 11) is 1.33. The number of aromatic amines is 1. The number of methoxy groups -OCH3 is 1. The van der Waals surface area contributed by atoms with E-state index in [4.69, 9.17) is 4.74 Å². The molecule has 1 aliphatic rings. The van der Waals surface area contributed by atoms with Crippen molar-refractivity contribution in [1.29, 1.82) is 0 Å². The zero-order valence-corrected chi connectivity index (χ0v) is 11.3. The van der Waals surface area contributed by atoms with Gasteiger partial charge in [-0.15, -0.1) is 10.2 Å². The van der Waals surface area contributed by atoms with Crippen LogP contribution in [0.25, 0.3) is 11.4 Å². The Bertz CT molecular complexity index is 670. The second-order valence-electron chi connectivity index (χ2n) is 4.71. The highest BCUT2D eigenvalue weighted by Crippen LogP contribution is 2.28. The second-order valence-corrected chi connectivity index (χ2v) is 4.71. The maximum absolute atomic E-state index is 12.1. The summed E-state index contributed by atoms with van der Waals surface area (Å²) in [5.74, 6) is -0.430. The zero-order chi connectivity index (χ0) is 14.8. The van der Waals surface area contributed by atoms with Gasteiger partial charge < -0.3 is 9.64 Å². The standard InChI is InChI=1S/C13H13N5O3/c1-21-13(20)9-6-11(19)18(7-9)10-4-2-3-8(5-10)12-14-16-17-15-12/h2-5,9H,6-7H2,1H3,(H,14,15,16,17). The summed E-state index contributed by atoms with van der Waals surface area (Å²) in [5.41, 5.74) is 1.45. The van der Waals surface area contributed by atoms with Crippen molar-refractivity contribution in [2.24, 2.45) is 5.92 Å². The van der Waals surface area contributed by atoms with Crippen molar-refractivity contribution in [3.63, 3.8) is 0 Å². The molecule has 0 saturated carbocycles. The minimum absolute atomic E-state index is 0.101. The third-order valence-corrected chi connectivity index (χ3v) is 3.42. The van der Waals surface area contributed by atoms with Gasteiger partial charge in [0, 0.05) is 24.2 Å². The number of tetrazole rings is 1. The van der Waals surface area contributed by atoms with Gasteiger partial charge in [-0.05, 0) is 17.3 Å². The summed E-state index contributed by atoms with van der Waals surface area (Å²) in [4.78, 5) is 25.2. The number of esters is 1. The molecule has 1 atom stereocenters. The average molecular weight is 287 g/mol. The van der Waals surface area contributed by atoms with Gasteiger partial charge in [0.05, 0.1) is 13.0 Å². The molecule has 1 fully saturated rings. The monoisotopic (exact) mass is 287 g/mol. The van der Waals surface area contributed by atoms with Crippen molar-refractivity contribution in [3.8, 4) is 11.4 Å². The summed E-state index contributed by atoms with van der Waals surface area (Å²) in [5, 5.41) is 13.7. The number of carbonyl (C=O) groups is 2. The summed E-state index contributed by atoms with van der Waals surface area (Å²) in [6.07, 6.45) is 0.166. The van der Waals surface area contributed by atoms with Crippen LogP contribution in [-0.2, 0) is 14.3 Å². The van der Waals surface area contributed by atoms with Gasteiger partial charge in [-0.1, -0.05) is 12.1 Å². The van der Waals surface area contributed by atoms with Crippen molar-refractivity contribution in [1.82, 2.24) is 20.6 Å². The first kappa shape index (κ1) is 13.2. The van der Waals surface area contributed by atoms with Gasteiger partial charge in [0.15, 0.2) is 0 Å². The number of ether oxygens (including phenoxy) is 1. The second kappa shape index (κ2) is 5.31. The SMILES string of the molecule is COC(=O)C1CC(=O)N(c2cccc(-c3nn[nH]n3)c2)C1. The number of amides is 1. The van der Waals surface area contributed by atoms with Crippen LogP contribution >= 0.6 is 0 Å². The number of nitrogens with zero attached hydrogens (tertiary/aromatic N) is 4. The van der Waals surface area contributed by atoms with E-state index in [1.165, 1.54) is 7.11 Å². The van der Waals surface area contributed by atoms with Crippen LogP contribution in [-0.4, -0.2) is 46.2 Å². The molecule has 108 valence electrons. The van der Waals surface area contributed by atoms with E-state index in [1.54, 1.807) is 23.1 Å². The minimum Gasteiger partial charge on any atom is -0.469 e. The molecule has 8 heteroatoms. The van der Waals surface area contributed by atoms with Crippen LogP contribution in [0.15, 0.2) is 24.3 Å². The van der Waals surface area contributed by atoms with Crippen LogP contribution in [0.2, 0.25) is 0 Å². The molecule has 1 N–H and O–H groups in total. The zero-order valence-electron chi connectivity index (χ0n) is 11.3. The lowest BCUT2D eigenvalue weighted by Crippen LogP contribution is -2.26. The van der Waals surface area contributed by atoms with E-state index in [1.807, 2.05) is 6.07 Å². The number of H-pyrrole nitrogens is 1. The van der Waals surface area contributed by atoms with Crippen molar-refractivity contribution in [2.75, 3.05) is 18.6 Å². The van der Waals surface area contributed by atoms with Gasteiger partial charge in [0.2, 0.25) is 11.7 Å². The Morgan fingerprint density at radius 3 is 3.05 bits per heavy atom. The topological polar surface area (TPSA) is 101 Å². The summed E-state index contributed by atoms with van der Waals surface area (Å²) in [6.45, 7) is 0.321. The molecule has 0 bridgehead atoms. The quantitative estimate of drug-likeness (QED) is 0.820. The molecule has 0 aliphatic carbocycles. The van der Waals surface area contributed by atoms with E-state index in [9.17, 15) is 9.59 Å². The fourth-order valence-electron chi connectivity index (χ4n) is 2.38. The molecule has 1 unspecified atom stereocenters. The fraction of sp³-hybridized carbons (Fsp3) is 0.308. The van der Waals surface area contributed by atoms with Crippen LogP contribution in [0.1, 0.15) is 6.42 Å². The molecule has 1 amide bonds. The normalized spacial score (nSPS) is 18.0. The van der Waals surface area contributed by atoms with E-state index in [-0.39, 0.29) is 18.3 Å². The Labute approximate surface area is 120 Å². The number of carbonyl (C=O) groups excluding carboxylic acids is 2. The Hall–Kier alpha value is -2.77. The van der Waals surface area contributed by atoms with Crippen LogP contribution in [0.5, 0.6) is 0 Å². The van der Waals surface area contributed by atoms with Crippen LogP contribution in [0, 0.1) is 5.92 Å². The number of hydrogen-bond donors (Lipinski definition) is 1. The first-order chi connectivity index (χ1) is 10.2. The van der Waals surface area contributed by atoms with Gasteiger partial charge in [0.25, 0.3) is 0 Å². The number of hydrogen-bond acceptors (Lipinski definition) is 6. The largest absolute Gasteiger partial charge is 0.469 e. The predicted molar refractivity (Wildman–Crippen MR) is 72.1 cm³/mol. The molecule has 21 heavy (non-hydrogen) atoms. The molecule has 2 aromatic rings. The van der Waals surface area contributed by atoms with E-state index < -0.39 is 5.92 Å². The van der Waals surface area contributed by atoms with E-state index in [0.29, 0.717) is 18.1 Å². The highest BCUT2D eigenvalue weighted by molar-refractivity contribution is 5.99. The lowest BCUT2D eigenvalue weighted by atomic mass is 10.1. The molecule has 3 rings (SSSR count). The smallest absolute Gasteiger partial charge is 0.311 e. The van der Waals surface area contributed by atoms with E-state index in [0.717, 1.165) is 5.56 Å². The lowest BCUT2D eigenvalue weighted by Gasteiger charge is -2.16. The Balaban J connectivity index is 1.86.